The lowest BCUT2D eigenvalue weighted by Crippen LogP contribution is -2.47. The first-order valence-corrected chi connectivity index (χ1v) is 11.5. The number of carbonyl (C=O) groups excluding carboxylic acids is 2. The van der Waals surface area contributed by atoms with Crippen LogP contribution >= 0.6 is 0 Å². The van der Waals surface area contributed by atoms with Crippen molar-refractivity contribution in [2.24, 2.45) is 5.92 Å². The summed E-state index contributed by atoms with van der Waals surface area (Å²) in [4.78, 5) is 45.6. The Morgan fingerprint density at radius 3 is 2.51 bits per heavy atom. The van der Waals surface area contributed by atoms with Gasteiger partial charge >= 0.3 is 5.69 Å². The number of imidazole rings is 1. The van der Waals surface area contributed by atoms with E-state index in [4.69, 9.17) is 4.74 Å². The quantitative estimate of drug-likeness (QED) is 0.404. The van der Waals surface area contributed by atoms with Crippen molar-refractivity contribution in [3.63, 3.8) is 0 Å². The lowest BCUT2D eigenvalue weighted by molar-refractivity contribution is -0.125. The number of piperidine rings is 1. The van der Waals surface area contributed by atoms with Gasteiger partial charge in [-0.1, -0.05) is 35.9 Å². The van der Waals surface area contributed by atoms with E-state index in [1.54, 1.807) is 30.2 Å². The van der Waals surface area contributed by atoms with E-state index in [0.717, 1.165) is 16.8 Å². The number of para-hydroxylation sites is 1. The topological polar surface area (TPSA) is 107 Å². The number of amides is 2. The van der Waals surface area contributed by atoms with Gasteiger partial charge in [-0.3, -0.25) is 9.59 Å². The molecule has 8 heteroatoms. The SMILES string of the molecule is COc1ccccc1C1C(C(=O)Nc2ccc3[nH]c(=O)[nH]c3c2)CCC(=O)N1c1ccc(C)cc1. The zero-order valence-electron chi connectivity index (χ0n) is 19.5. The molecule has 3 N–H and O–H groups in total. The Bertz CT molecular complexity index is 1450. The molecule has 1 saturated heterocycles. The molecule has 0 spiro atoms. The molecular formula is C27H26N4O4. The summed E-state index contributed by atoms with van der Waals surface area (Å²) in [6, 6.07) is 19.9. The van der Waals surface area contributed by atoms with E-state index in [-0.39, 0.29) is 23.9 Å². The number of carbonyl (C=O) groups is 2. The number of benzene rings is 3. The van der Waals surface area contributed by atoms with Gasteiger partial charge in [0, 0.05) is 23.4 Å². The molecule has 8 nitrogen and oxygen atoms in total. The maximum atomic E-state index is 13.7. The van der Waals surface area contributed by atoms with Crippen molar-refractivity contribution in [1.82, 2.24) is 9.97 Å². The fourth-order valence-electron chi connectivity index (χ4n) is 4.79. The number of nitrogens with one attached hydrogen (secondary N) is 3. The summed E-state index contributed by atoms with van der Waals surface area (Å²) >= 11 is 0. The molecule has 0 bridgehead atoms. The van der Waals surface area contributed by atoms with Crippen LogP contribution in [-0.4, -0.2) is 28.9 Å². The molecule has 1 aliphatic heterocycles. The number of nitrogens with zero attached hydrogens (tertiary/aromatic N) is 1. The number of hydrogen-bond acceptors (Lipinski definition) is 4. The molecule has 2 atom stereocenters. The van der Waals surface area contributed by atoms with Gasteiger partial charge in [0.05, 0.1) is 30.1 Å². The van der Waals surface area contributed by atoms with Crippen LogP contribution in [0.3, 0.4) is 0 Å². The minimum absolute atomic E-state index is 0.0415. The minimum Gasteiger partial charge on any atom is -0.496 e. The molecule has 2 unspecified atom stereocenters. The summed E-state index contributed by atoms with van der Waals surface area (Å²) in [6.07, 6.45) is 0.654. The third kappa shape index (κ3) is 4.30. The van der Waals surface area contributed by atoms with Crippen molar-refractivity contribution in [3.05, 3.63) is 88.3 Å². The average Bonchev–Trinajstić information content (AvgIpc) is 3.23. The molecule has 1 fully saturated rings. The summed E-state index contributed by atoms with van der Waals surface area (Å²) < 4.78 is 5.63. The first kappa shape index (κ1) is 22.5. The molecule has 2 heterocycles. The van der Waals surface area contributed by atoms with Crippen molar-refractivity contribution in [2.45, 2.75) is 25.8 Å². The highest BCUT2D eigenvalue weighted by molar-refractivity contribution is 6.01. The normalized spacial score (nSPS) is 18.0. The fourth-order valence-corrected chi connectivity index (χ4v) is 4.79. The van der Waals surface area contributed by atoms with Gasteiger partial charge in [0.2, 0.25) is 11.8 Å². The van der Waals surface area contributed by atoms with Crippen LogP contribution in [0, 0.1) is 12.8 Å². The summed E-state index contributed by atoms with van der Waals surface area (Å²) in [5.74, 6) is -0.150. The van der Waals surface area contributed by atoms with Gasteiger partial charge in [-0.2, -0.15) is 0 Å². The predicted molar refractivity (Wildman–Crippen MR) is 135 cm³/mol. The molecule has 2 amide bonds. The van der Waals surface area contributed by atoms with E-state index in [0.29, 0.717) is 28.9 Å². The molecule has 0 aliphatic carbocycles. The largest absolute Gasteiger partial charge is 0.496 e. The molecule has 0 radical (unpaired) electrons. The van der Waals surface area contributed by atoms with Gasteiger partial charge < -0.3 is 24.9 Å². The average molecular weight is 471 g/mol. The van der Waals surface area contributed by atoms with E-state index in [2.05, 4.69) is 15.3 Å². The summed E-state index contributed by atoms with van der Waals surface area (Å²) in [7, 11) is 1.58. The smallest absolute Gasteiger partial charge is 0.323 e. The molecular weight excluding hydrogens is 444 g/mol. The minimum atomic E-state index is -0.550. The molecule has 3 aromatic carbocycles. The highest BCUT2D eigenvalue weighted by atomic mass is 16.5. The van der Waals surface area contributed by atoms with E-state index < -0.39 is 12.0 Å². The summed E-state index contributed by atoms with van der Waals surface area (Å²) in [6.45, 7) is 1.99. The van der Waals surface area contributed by atoms with Crippen molar-refractivity contribution in [1.29, 1.82) is 0 Å². The monoisotopic (exact) mass is 470 g/mol. The second kappa shape index (κ2) is 9.13. The van der Waals surface area contributed by atoms with Crippen LogP contribution in [0.1, 0.15) is 30.0 Å². The number of ether oxygens (including phenoxy) is 1. The maximum Gasteiger partial charge on any atom is 0.323 e. The van der Waals surface area contributed by atoms with Crippen molar-refractivity contribution < 1.29 is 14.3 Å². The van der Waals surface area contributed by atoms with Gasteiger partial charge in [-0.25, -0.2) is 4.79 Å². The number of aryl methyl sites for hydroxylation is 1. The number of fused-ring (bicyclic) bond motifs is 1. The van der Waals surface area contributed by atoms with Crippen LogP contribution in [0.25, 0.3) is 11.0 Å². The Labute approximate surface area is 201 Å². The highest BCUT2D eigenvalue weighted by Gasteiger charge is 2.42. The van der Waals surface area contributed by atoms with Gasteiger partial charge in [0.25, 0.3) is 0 Å². The zero-order chi connectivity index (χ0) is 24.5. The number of methoxy groups -OCH3 is 1. The zero-order valence-corrected chi connectivity index (χ0v) is 19.5. The number of aromatic amines is 2. The van der Waals surface area contributed by atoms with Crippen molar-refractivity contribution >= 4 is 34.2 Å². The number of rotatable bonds is 5. The van der Waals surface area contributed by atoms with Crippen molar-refractivity contribution in [3.8, 4) is 5.75 Å². The van der Waals surface area contributed by atoms with Crippen LogP contribution in [0.15, 0.2) is 71.5 Å². The van der Waals surface area contributed by atoms with Gasteiger partial charge in [0.1, 0.15) is 5.75 Å². The first-order chi connectivity index (χ1) is 16.9. The molecule has 1 aliphatic rings. The Morgan fingerprint density at radius 2 is 1.74 bits per heavy atom. The van der Waals surface area contributed by atoms with Crippen LogP contribution in [-0.2, 0) is 9.59 Å². The molecule has 1 aromatic heterocycles. The lowest BCUT2D eigenvalue weighted by Gasteiger charge is -2.41. The second-order valence-corrected chi connectivity index (χ2v) is 8.76. The van der Waals surface area contributed by atoms with Crippen LogP contribution in [0.4, 0.5) is 11.4 Å². The van der Waals surface area contributed by atoms with Crippen LogP contribution in [0.2, 0.25) is 0 Å². The summed E-state index contributed by atoms with van der Waals surface area (Å²) in [5, 5.41) is 2.99. The molecule has 0 saturated carbocycles. The van der Waals surface area contributed by atoms with Crippen molar-refractivity contribution in [2.75, 3.05) is 17.3 Å². The first-order valence-electron chi connectivity index (χ1n) is 11.5. The van der Waals surface area contributed by atoms with Gasteiger partial charge in [-0.15, -0.1) is 0 Å². The predicted octanol–water partition coefficient (Wildman–Crippen LogP) is 4.30. The van der Waals surface area contributed by atoms with Crippen LogP contribution in [0.5, 0.6) is 5.75 Å². The third-order valence-electron chi connectivity index (χ3n) is 6.49. The van der Waals surface area contributed by atoms with E-state index in [9.17, 15) is 14.4 Å². The third-order valence-corrected chi connectivity index (χ3v) is 6.49. The molecule has 4 aromatic rings. The Morgan fingerprint density at radius 1 is 1.00 bits per heavy atom. The Balaban J connectivity index is 1.55. The number of anilines is 2. The van der Waals surface area contributed by atoms with E-state index in [1.165, 1.54) is 0 Å². The number of H-pyrrole nitrogens is 2. The standard InChI is InChI=1S/C27H26N4O4/c1-16-7-10-18(11-8-16)31-24(32)14-12-20(25(31)19-5-3-4-6-23(19)35-2)26(33)28-17-9-13-21-22(15-17)30-27(34)29-21/h3-11,13,15,20,25H,12,14H2,1-2H3,(H,28,33)(H2,29,30,34). The fraction of sp³-hybridized carbons (Fsp3) is 0.222. The number of aromatic nitrogens is 2. The molecule has 35 heavy (non-hydrogen) atoms. The highest BCUT2D eigenvalue weighted by Crippen LogP contribution is 2.43. The van der Waals surface area contributed by atoms with Gasteiger partial charge in [0.15, 0.2) is 0 Å². The van der Waals surface area contributed by atoms with E-state index in [1.807, 2.05) is 55.5 Å². The van der Waals surface area contributed by atoms with Crippen LogP contribution < -0.4 is 20.6 Å². The maximum absolute atomic E-state index is 13.7. The second-order valence-electron chi connectivity index (χ2n) is 8.76. The molecule has 178 valence electrons. The lowest BCUT2D eigenvalue weighted by atomic mass is 9.82. The molecule has 5 rings (SSSR count). The van der Waals surface area contributed by atoms with Gasteiger partial charge in [-0.05, 0) is 49.7 Å². The summed E-state index contributed by atoms with van der Waals surface area (Å²) in [5.41, 5.74) is 4.12. The Kier molecular flexibility index (Phi) is 5.86. The number of hydrogen-bond donors (Lipinski definition) is 3. The Hall–Kier alpha value is -4.33. The van der Waals surface area contributed by atoms with E-state index >= 15 is 0 Å².